The topological polar surface area (TPSA) is 55.6 Å². The van der Waals surface area contributed by atoms with Crippen molar-refractivity contribution in [1.29, 1.82) is 0 Å². The van der Waals surface area contributed by atoms with E-state index in [1.807, 2.05) is 19.2 Å². The van der Waals surface area contributed by atoms with Gasteiger partial charge in [-0.15, -0.1) is 5.10 Å². The predicted molar refractivity (Wildman–Crippen MR) is 76.9 cm³/mol. The third-order valence-electron chi connectivity index (χ3n) is 3.10. The fourth-order valence-corrected chi connectivity index (χ4v) is 2.03. The minimum absolute atomic E-state index is 0.787. The van der Waals surface area contributed by atoms with Crippen LogP contribution in [0.2, 0.25) is 0 Å². The zero-order valence-corrected chi connectivity index (χ0v) is 11.6. The van der Waals surface area contributed by atoms with Gasteiger partial charge in [-0.3, -0.25) is 0 Å². The lowest BCUT2D eigenvalue weighted by Crippen LogP contribution is -2.02. The summed E-state index contributed by atoms with van der Waals surface area (Å²) >= 11 is 0. The van der Waals surface area contributed by atoms with Gasteiger partial charge in [0, 0.05) is 24.8 Å². The van der Waals surface area contributed by atoms with E-state index in [1.54, 1.807) is 4.68 Å². The second kappa shape index (κ2) is 6.87. The molecule has 0 fully saturated rings. The van der Waals surface area contributed by atoms with E-state index in [0.29, 0.717) is 0 Å². The molecule has 102 valence electrons. The molecule has 2 rings (SSSR count). The number of unbranched alkanes of at least 4 members (excludes halogenated alkanes) is 3. The Morgan fingerprint density at radius 3 is 2.84 bits per heavy atom. The molecule has 0 amide bonds. The van der Waals surface area contributed by atoms with Gasteiger partial charge in [-0.05, 0) is 29.0 Å². The molecule has 1 N–H and O–H groups in total. The zero-order chi connectivity index (χ0) is 13.5. The van der Waals surface area contributed by atoms with Gasteiger partial charge in [0.15, 0.2) is 5.82 Å². The molecule has 0 radical (unpaired) electrons. The average Bonchev–Trinajstić information content (AvgIpc) is 2.85. The Hall–Kier alpha value is -1.91. The standard InChI is InChI=1S/C14H21N5/c1-3-4-5-6-10-15-13-9-7-8-12(11-13)14-16-17-18-19(14)2/h7-9,11,15H,3-6,10H2,1-2H3. The number of aryl methyl sites for hydroxylation is 1. The van der Waals surface area contributed by atoms with Crippen molar-refractivity contribution >= 4 is 5.69 Å². The highest BCUT2D eigenvalue weighted by atomic mass is 15.5. The largest absolute Gasteiger partial charge is 0.385 e. The Kier molecular flexibility index (Phi) is 4.89. The minimum atomic E-state index is 0.787. The number of nitrogens with zero attached hydrogens (tertiary/aromatic N) is 4. The summed E-state index contributed by atoms with van der Waals surface area (Å²) in [5.74, 6) is 0.787. The summed E-state index contributed by atoms with van der Waals surface area (Å²) in [5.41, 5.74) is 2.16. The van der Waals surface area contributed by atoms with Crippen molar-refractivity contribution < 1.29 is 0 Å². The first-order valence-corrected chi connectivity index (χ1v) is 6.88. The van der Waals surface area contributed by atoms with E-state index in [2.05, 4.69) is 39.9 Å². The van der Waals surface area contributed by atoms with E-state index >= 15 is 0 Å². The van der Waals surface area contributed by atoms with Crippen molar-refractivity contribution in [2.24, 2.45) is 7.05 Å². The van der Waals surface area contributed by atoms with E-state index in [9.17, 15) is 0 Å². The number of hydrogen-bond donors (Lipinski definition) is 1. The zero-order valence-electron chi connectivity index (χ0n) is 11.6. The SMILES string of the molecule is CCCCCCNc1cccc(-c2nnnn2C)c1. The summed E-state index contributed by atoms with van der Waals surface area (Å²) in [7, 11) is 1.85. The van der Waals surface area contributed by atoms with Gasteiger partial charge in [-0.2, -0.15) is 0 Å². The van der Waals surface area contributed by atoms with E-state index in [4.69, 9.17) is 0 Å². The van der Waals surface area contributed by atoms with Crippen molar-refractivity contribution in [3.8, 4) is 11.4 Å². The van der Waals surface area contributed by atoms with E-state index in [-0.39, 0.29) is 0 Å². The van der Waals surface area contributed by atoms with Gasteiger partial charge in [-0.25, -0.2) is 4.68 Å². The summed E-state index contributed by atoms with van der Waals surface area (Å²) in [6, 6.07) is 8.21. The van der Waals surface area contributed by atoms with Crippen LogP contribution >= 0.6 is 0 Å². The molecule has 1 aromatic carbocycles. The Labute approximate surface area is 114 Å². The number of benzene rings is 1. The molecule has 5 heteroatoms. The lowest BCUT2D eigenvalue weighted by molar-refractivity contribution is 0.685. The highest BCUT2D eigenvalue weighted by molar-refractivity contribution is 5.62. The molecule has 2 aromatic rings. The average molecular weight is 259 g/mol. The highest BCUT2D eigenvalue weighted by Gasteiger charge is 2.05. The monoisotopic (exact) mass is 259 g/mol. The fourth-order valence-electron chi connectivity index (χ4n) is 2.03. The van der Waals surface area contributed by atoms with Crippen molar-refractivity contribution in [2.75, 3.05) is 11.9 Å². The first kappa shape index (κ1) is 13.5. The molecule has 0 aliphatic carbocycles. The lowest BCUT2D eigenvalue weighted by Gasteiger charge is -2.07. The van der Waals surface area contributed by atoms with Crippen LogP contribution in [0.15, 0.2) is 24.3 Å². The van der Waals surface area contributed by atoms with Crippen molar-refractivity contribution in [3.05, 3.63) is 24.3 Å². The van der Waals surface area contributed by atoms with Crippen LogP contribution in [-0.2, 0) is 7.05 Å². The smallest absolute Gasteiger partial charge is 0.181 e. The Bertz CT molecular complexity index is 506. The number of hydrogen-bond acceptors (Lipinski definition) is 4. The molecule has 0 saturated heterocycles. The van der Waals surface area contributed by atoms with Crippen molar-refractivity contribution in [1.82, 2.24) is 20.2 Å². The maximum atomic E-state index is 4.02. The molecule has 0 bridgehead atoms. The molecule has 0 atom stereocenters. The number of rotatable bonds is 7. The molecule has 0 saturated carbocycles. The predicted octanol–water partition coefficient (Wildman–Crippen LogP) is 2.87. The normalized spacial score (nSPS) is 10.6. The minimum Gasteiger partial charge on any atom is -0.385 e. The van der Waals surface area contributed by atoms with Crippen LogP contribution in [0.5, 0.6) is 0 Å². The number of aromatic nitrogens is 4. The summed E-state index contributed by atoms with van der Waals surface area (Å²) in [5, 5.41) is 15.0. The molecule has 1 aromatic heterocycles. The molecule has 0 spiro atoms. The number of nitrogens with one attached hydrogen (secondary N) is 1. The molecule has 0 aliphatic heterocycles. The van der Waals surface area contributed by atoms with Crippen molar-refractivity contribution in [2.45, 2.75) is 32.6 Å². The van der Waals surface area contributed by atoms with Crippen LogP contribution in [0.3, 0.4) is 0 Å². The first-order chi connectivity index (χ1) is 9.31. The van der Waals surface area contributed by atoms with Gasteiger partial charge in [0.2, 0.25) is 0 Å². The Morgan fingerprint density at radius 1 is 1.21 bits per heavy atom. The third-order valence-corrected chi connectivity index (χ3v) is 3.10. The molecule has 0 aliphatic rings. The summed E-state index contributed by atoms with van der Waals surface area (Å²) in [6.07, 6.45) is 5.08. The van der Waals surface area contributed by atoms with Crippen LogP contribution < -0.4 is 5.32 Å². The molecular weight excluding hydrogens is 238 g/mol. The van der Waals surface area contributed by atoms with Crippen LogP contribution in [0.4, 0.5) is 5.69 Å². The van der Waals surface area contributed by atoms with Crippen molar-refractivity contribution in [3.63, 3.8) is 0 Å². The summed E-state index contributed by atoms with van der Waals surface area (Å²) in [4.78, 5) is 0. The number of anilines is 1. The van der Waals surface area contributed by atoms with Gasteiger partial charge in [0.25, 0.3) is 0 Å². The van der Waals surface area contributed by atoms with Gasteiger partial charge >= 0.3 is 0 Å². The van der Waals surface area contributed by atoms with Gasteiger partial charge in [-0.1, -0.05) is 38.3 Å². The van der Waals surface area contributed by atoms with Gasteiger partial charge in [0.05, 0.1) is 0 Å². The first-order valence-electron chi connectivity index (χ1n) is 6.88. The van der Waals surface area contributed by atoms with Gasteiger partial charge < -0.3 is 5.32 Å². The van der Waals surface area contributed by atoms with Gasteiger partial charge in [0.1, 0.15) is 0 Å². The Morgan fingerprint density at radius 2 is 2.11 bits per heavy atom. The molecule has 19 heavy (non-hydrogen) atoms. The van der Waals surface area contributed by atoms with E-state index < -0.39 is 0 Å². The quantitative estimate of drug-likeness (QED) is 0.777. The molecular formula is C14H21N5. The fraction of sp³-hybridized carbons (Fsp3) is 0.500. The highest BCUT2D eigenvalue weighted by Crippen LogP contribution is 2.19. The molecule has 0 unspecified atom stereocenters. The Balaban J connectivity index is 1.94. The maximum Gasteiger partial charge on any atom is 0.181 e. The molecule has 1 heterocycles. The number of tetrazole rings is 1. The van der Waals surface area contributed by atoms with E-state index in [0.717, 1.165) is 23.6 Å². The lowest BCUT2D eigenvalue weighted by atomic mass is 10.1. The molecule has 5 nitrogen and oxygen atoms in total. The second-order valence-corrected chi connectivity index (χ2v) is 4.69. The van der Waals surface area contributed by atoms with E-state index in [1.165, 1.54) is 25.7 Å². The third kappa shape index (κ3) is 3.77. The summed E-state index contributed by atoms with van der Waals surface area (Å²) < 4.78 is 1.68. The van der Waals surface area contributed by atoms with Crippen LogP contribution in [0.25, 0.3) is 11.4 Å². The second-order valence-electron chi connectivity index (χ2n) is 4.69. The van der Waals surface area contributed by atoms with Crippen LogP contribution in [0, 0.1) is 0 Å². The summed E-state index contributed by atoms with van der Waals surface area (Å²) in [6.45, 7) is 3.24. The van der Waals surface area contributed by atoms with Crippen LogP contribution in [0.1, 0.15) is 32.6 Å². The van der Waals surface area contributed by atoms with Crippen LogP contribution in [-0.4, -0.2) is 26.8 Å². The maximum absolute atomic E-state index is 4.02.